The van der Waals surface area contributed by atoms with Gasteiger partial charge in [0.05, 0.1) is 8.95 Å². The summed E-state index contributed by atoms with van der Waals surface area (Å²) in [4.78, 5) is 16.7. The number of hydrogen-bond donors (Lipinski definition) is 0. The van der Waals surface area contributed by atoms with Crippen molar-refractivity contribution in [3.05, 3.63) is 101 Å². The van der Waals surface area contributed by atoms with Crippen LogP contribution in [0, 0.1) is 10.5 Å². The number of rotatable bonds is 5. The van der Waals surface area contributed by atoms with Crippen molar-refractivity contribution >= 4 is 72.4 Å². The summed E-state index contributed by atoms with van der Waals surface area (Å²) >= 11 is 9.41. The third kappa shape index (κ3) is 5.45. The smallest absolute Gasteiger partial charge is 0.363 e. The number of aliphatic imine (C=N–C) groups is 1. The molecule has 0 bridgehead atoms. The minimum Gasteiger partial charge on any atom is -0.487 e. The Morgan fingerprint density at radius 1 is 1.03 bits per heavy atom. The number of ether oxygens (including phenoxy) is 2. The van der Waals surface area contributed by atoms with E-state index in [-0.39, 0.29) is 5.70 Å². The van der Waals surface area contributed by atoms with E-state index >= 15 is 0 Å². The SMILES string of the molecule is Cc1ccc(C2=NC(=Cc3cc(Br)c(OCc4ccc(I)cc4)c(Br)c3)C(=O)O2)cc1. The number of benzene rings is 3. The highest BCUT2D eigenvalue weighted by molar-refractivity contribution is 14.1. The zero-order valence-corrected chi connectivity index (χ0v) is 21.7. The molecule has 0 aromatic heterocycles. The molecule has 0 atom stereocenters. The number of carbonyl (C=O) groups excluding carboxylic acids is 1. The van der Waals surface area contributed by atoms with Crippen molar-refractivity contribution in [1.29, 1.82) is 0 Å². The lowest BCUT2D eigenvalue weighted by Crippen LogP contribution is -2.05. The summed E-state index contributed by atoms with van der Waals surface area (Å²) < 4.78 is 14.1. The van der Waals surface area contributed by atoms with E-state index in [1.807, 2.05) is 67.6 Å². The molecule has 1 heterocycles. The van der Waals surface area contributed by atoms with Crippen LogP contribution in [0.4, 0.5) is 0 Å². The van der Waals surface area contributed by atoms with Gasteiger partial charge in [0, 0.05) is 9.13 Å². The number of hydrogen-bond acceptors (Lipinski definition) is 4. The van der Waals surface area contributed by atoms with E-state index in [1.165, 1.54) is 3.57 Å². The van der Waals surface area contributed by atoms with Crippen LogP contribution in [0.1, 0.15) is 22.3 Å². The summed E-state index contributed by atoms with van der Waals surface area (Å²) in [6.45, 7) is 2.45. The fourth-order valence-corrected chi connectivity index (χ4v) is 4.73. The van der Waals surface area contributed by atoms with Crippen molar-refractivity contribution < 1.29 is 14.3 Å². The van der Waals surface area contributed by atoms with Crippen LogP contribution < -0.4 is 4.74 Å². The Bertz CT molecular complexity index is 1180. The van der Waals surface area contributed by atoms with E-state index in [1.54, 1.807) is 6.08 Å². The molecule has 3 aromatic rings. The van der Waals surface area contributed by atoms with Crippen molar-refractivity contribution in [2.24, 2.45) is 4.99 Å². The maximum Gasteiger partial charge on any atom is 0.363 e. The summed E-state index contributed by atoms with van der Waals surface area (Å²) in [5, 5.41) is 0. The molecule has 4 nitrogen and oxygen atoms in total. The molecule has 0 fully saturated rings. The lowest BCUT2D eigenvalue weighted by Gasteiger charge is -2.11. The Labute approximate surface area is 210 Å². The van der Waals surface area contributed by atoms with E-state index in [4.69, 9.17) is 9.47 Å². The number of esters is 1. The molecule has 1 aliphatic heterocycles. The largest absolute Gasteiger partial charge is 0.487 e. The second kappa shape index (κ2) is 9.67. The van der Waals surface area contributed by atoms with Gasteiger partial charge in [-0.25, -0.2) is 9.79 Å². The first-order chi connectivity index (χ1) is 14.9. The molecule has 1 aliphatic rings. The summed E-state index contributed by atoms with van der Waals surface area (Å²) in [7, 11) is 0. The van der Waals surface area contributed by atoms with Crippen LogP contribution in [0.15, 0.2) is 80.3 Å². The average molecular weight is 653 g/mol. The summed E-state index contributed by atoms with van der Waals surface area (Å²) in [5.41, 5.74) is 4.02. The molecule has 0 saturated carbocycles. The Morgan fingerprint density at radius 2 is 1.68 bits per heavy atom. The topological polar surface area (TPSA) is 47.9 Å². The van der Waals surface area contributed by atoms with Gasteiger partial charge in [-0.1, -0.05) is 29.8 Å². The second-order valence-corrected chi connectivity index (χ2v) is 9.89. The third-order valence-corrected chi connectivity index (χ3v) is 6.44. The van der Waals surface area contributed by atoms with Crippen molar-refractivity contribution in [2.75, 3.05) is 0 Å². The fraction of sp³-hybridized carbons (Fsp3) is 0.0833. The summed E-state index contributed by atoms with van der Waals surface area (Å²) in [5.74, 6) is 0.534. The lowest BCUT2D eigenvalue weighted by atomic mass is 10.1. The molecule has 0 spiro atoms. The van der Waals surface area contributed by atoms with E-state index in [9.17, 15) is 4.79 Å². The van der Waals surface area contributed by atoms with Crippen LogP contribution in [0.3, 0.4) is 0 Å². The maximum atomic E-state index is 12.3. The van der Waals surface area contributed by atoms with Gasteiger partial charge in [-0.05, 0) is 115 Å². The highest BCUT2D eigenvalue weighted by Crippen LogP contribution is 2.36. The second-order valence-electron chi connectivity index (χ2n) is 6.93. The number of halogens is 3. The monoisotopic (exact) mass is 651 g/mol. The molecule has 0 N–H and O–H groups in total. The van der Waals surface area contributed by atoms with Crippen LogP contribution in [0.2, 0.25) is 0 Å². The molecule has 3 aromatic carbocycles. The number of aryl methyl sites for hydroxylation is 1. The first kappa shape index (κ1) is 22.2. The summed E-state index contributed by atoms with van der Waals surface area (Å²) in [6, 6.07) is 19.6. The highest BCUT2D eigenvalue weighted by atomic mass is 127. The Morgan fingerprint density at radius 3 is 2.32 bits per heavy atom. The van der Waals surface area contributed by atoms with Gasteiger partial charge in [0.2, 0.25) is 5.90 Å². The van der Waals surface area contributed by atoms with Crippen LogP contribution in [-0.2, 0) is 16.1 Å². The van der Waals surface area contributed by atoms with Gasteiger partial charge in [0.25, 0.3) is 0 Å². The summed E-state index contributed by atoms with van der Waals surface area (Å²) in [6.07, 6.45) is 1.70. The zero-order chi connectivity index (χ0) is 22.0. The standard InChI is InChI=1S/C24H16Br2INO3/c1-14-2-6-17(7-3-14)23-28-21(24(29)31-23)12-16-10-19(25)22(20(26)11-16)30-13-15-4-8-18(27)9-5-15/h2-12H,13H2,1H3. The molecule has 0 amide bonds. The third-order valence-electron chi connectivity index (χ3n) is 4.54. The normalized spacial score (nSPS) is 14.5. The van der Waals surface area contributed by atoms with Crippen molar-refractivity contribution in [1.82, 2.24) is 0 Å². The molecule has 0 unspecified atom stereocenters. The van der Waals surface area contributed by atoms with Crippen LogP contribution >= 0.6 is 54.5 Å². The van der Waals surface area contributed by atoms with Crippen molar-refractivity contribution in [3.63, 3.8) is 0 Å². The molecule has 0 aliphatic carbocycles. The van der Waals surface area contributed by atoms with Gasteiger partial charge in [-0.2, -0.15) is 0 Å². The van der Waals surface area contributed by atoms with Crippen LogP contribution in [-0.4, -0.2) is 11.9 Å². The van der Waals surface area contributed by atoms with E-state index in [0.717, 1.165) is 31.2 Å². The van der Waals surface area contributed by atoms with Gasteiger partial charge in [-0.15, -0.1) is 0 Å². The minimum atomic E-state index is -0.471. The molecular weight excluding hydrogens is 637 g/mol. The molecule has 31 heavy (non-hydrogen) atoms. The zero-order valence-electron chi connectivity index (χ0n) is 16.4. The molecule has 0 saturated heterocycles. The lowest BCUT2D eigenvalue weighted by molar-refractivity contribution is -0.129. The number of carbonyl (C=O) groups is 1. The van der Waals surface area contributed by atoms with E-state index in [2.05, 4.69) is 59.4 Å². The van der Waals surface area contributed by atoms with Gasteiger partial charge < -0.3 is 9.47 Å². The van der Waals surface area contributed by atoms with Crippen LogP contribution in [0.5, 0.6) is 5.75 Å². The van der Waals surface area contributed by atoms with E-state index in [0.29, 0.717) is 18.3 Å². The Kier molecular flexibility index (Phi) is 6.93. The van der Waals surface area contributed by atoms with Crippen LogP contribution in [0.25, 0.3) is 6.08 Å². The molecule has 4 rings (SSSR count). The maximum absolute atomic E-state index is 12.3. The van der Waals surface area contributed by atoms with Gasteiger partial charge in [-0.3, -0.25) is 0 Å². The number of cyclic esters (lactones) is 1. The molecule has 7 heteroatoms. The predicted octanol–water partition coefficient (Wildman–Crippen LogP) is 7.05. The fourth-order valence-electron chi connectivity index (χ4n) is 2.92. The first-order valence-electron chi connectivity index (χ1n) is 9.35. The minimum absolute atomic E-state index is 0.252. The molecular formula is C24H16Br2INO3. The quantitative estimate of drug-likeness (QED) is 0.169. The highest BCUT2D eigenvalue weighted by Gasteiger charge is 2.24. The van der Waals surface area contributed by atoms with Crippen molar-refractivity contribution in [3.8, 4) is 5.75 Å². The predicted molar refractivity (Wildman–Crippen MR) is 137 cm³/mol. The molecule has 156 valence electrons. The first-order valence-corrected chi connectivity index (χ1v) is 12.0. The van der Waals surface area contributed by atoms with E-state index < -0.39 is 5.97 Å². The van der Waals surface area contributed by atoms with Gasteiger partial charge >= 0.3 is 5.97 Å². The Hall–Kier alpha value is -1.97. The van der Waals surface area contributed by atoms with Gasteiger partial charge in [0.1, 0.15) is 12.4 Å². The Balaban J connectivity index is 1.54. The van der Waals surface area contributed by atoms with Gasteiger partial charge in [0.15, 0.2) is 5.70 Å². The average Bonchev–Trinajstić information content (AvgIpc) is 3.09. The molecule has 0 radical (unpaired) electrons. The number of nitrogens with zero attached hydrogens (tertiary/aromatic N) is 1. The van der Waals surface area contributed by atoms with Crippen molar-refractivity contribution in [2.45, 2.75) is 13.5 Å².